The number of ether oxygens (including phenoxy) is 3. The Bertz CT molecular complexity index is 771. The third kappa shape index (κ3) is 5.94. The van der Waals surface area contributed by atoms with Crippen LogP contribution >= 0.6 is 0 Å². The molecule has 11 heteroatoms. The van der Waals surface area contributed by atoms with E-state index in [-0.39, 0.29) is 13.2 Å². The molecule has 11 nitrogen and oxygen atoms in total. The van der Waals surface area contributed by atoms with Gasteiger partial charge in [0.15, 0.2) is 6.29 Å². The number of hydrogen-bond acceptors (Lipinski definition) is 11. The maximum Gasteiger partial charge on any atom is 0.184 e. The van der Waals surface area contributed by atoms with Gasteiger partial charge >= 0.3 is 0 Å². The van der Waals surface area contributed by atoms with Crippen molar-refractivity contribution >= 4 is 0 Å². The van der Waals surface area contributed by atoms with Crippen molar-refractivity contribution in [1.29, 1.82) is 0 Å². The van der Waals surface area contributed by atoms with Gasteiger partial charge in [-0.05, 0) is 23.0 Å². The van der Waals surface area contributed by atoms with Gasteiger partial charge in [0.05, 0.1) is 25.9 Å². The van der Waals surface area contributed by atoms with Crippen LogP contribution in [0.15, 0.2) is 24.3 Å². The lowest BCUT2D eigenvalue weighted by Crippen LogP contribution is -2.62. The molecule has 2 fully saturated rings. The standard InChI is InChI=1S/C23H36O11/c1-23(2,21-19(29)17(27)15(25)13(8-24)33-21)7-11-3-5-12(6-4-11)9-32-10-14-16(26)18(28)20(30)22(31)34-14/h3-6,13-22,24-31H,7-10H2,1-2H3/t13?,14?,15-,16-,17+,18+,19?,20?,21+,22?/m1/s1. The summed E-state index contributed by atoms with van der Waals surface area (Å²) in [5.74, 6) is 0. The molecule has 2 saturated heterocycles. The van der Waals surface area contributed by atoms with Gasteiger partial charge in [0.2, 0.25) is 0 Å². The van der Waals surface area contributed by atoms with Crippen molar-refractivity contribution in [3.05, 3.63) is 35.4 Å². The quantitative estimate of drug-likeness (QED) is 0.192. The van der Waals surface area contributed by atoms with Gasteiger partial charge in [-0.15, -0.1) is 0 Å². The first-order valence-electron chi connectivity index (χ1n) is 11.3. The second-order valence-corrected chi connectivity index (χ2v) is 9.78. The number of aliphatic hydroxyl groups excluding tert-OH is 8. The summed E-state index contributed by atoms with van der Waals surface area (Å²) in [4.78, 5) is 0. The number of hydrogen-bond donors (Lipinski definition) is 8. The Morgan fingerprint density at radius 2 is 1.29 bits per heavy atom. The molecule has 2 aliphatic heterocycles. The molecule has 0 aliphatic carbocycles. The van der Waals surface area contributed by atoms with Gasteiger partial charge in [-0.2, -0.15) is 0 Å². The Labute approximate surface area is 197 Å². The summed E-state index contributed by atoms with van der Waals surface area (Å²) in [7, 11) is 0. The van der Waals surface area contributed by atoms with E-state index in [0.717, 1.165) is 11.1 Å². The van der Waals surface area contributed by atoms with Gasteiger partial charge in [0.1, 0.15) is 48.8 Å². The van der Waals surface area contributed by atoms with E-state index in [4.69, 9.17) is 14.2 Å². The van der Waals surface area contributed by atoms with Gasteiger partial charge in [0, 0.05) is 0 Å². The van der Waals surface area contributed by atoms with Crippen LogP contribution in [0.1, 0.15) is 25.0 Å². The van der Waals surface area contributed by atoms with Crippen LogP contribution < -0.4 is 0 Å². The van der Waals surface area contributed by atoms with E-state index in [1.54, 1.807) is 0 Å². The summed E-state index contributed by atoms with van der Waals surface area (Å²) in [5.41, 5.74) is 1.12. The molecular weight excluding hydrogens is 452 g/mol. The minimum absolute atomic E-state index is 0.103. The van der Waals surface area contributed by atoms with Gasteiger partial charge in [-0.25, -0.2) is 0 Å². The molecule has 0 spiro atoms. The second-order valence-electron chi connectivity index (χ2n) is 9.78. The number of rotatable bonds is 8. The molecule has 8 N–H and O–H groups in total. The molecule has 0 amide bonds. The lowest BCUT2D eigenvalue weighted by atomic mass is 9.75. The largest absolute Gasteiger partial charge is 0.394 e. The highest BCUT2D eigenvalue weighted by atomic mass is 16.6. The Balaban J connectivity index is 1.54. The first-order chi connectivity index (χ1) is 16.0. The predicted molar refractivity (Wildman–Crippen MR) is 116 cm³/mol. The Morgan fingerprint density at radius 1 is 0.735 bits per heavy atom. The van der Waals surface area contributed by atoms with Crippen LogP contribution in [0.2, 0.25) is 0 Å². The zero-order valence-electron chi connectivity index (χ0n) is 19.2. The SMILES string of the molecule is CC(C)(Cc1ccc(COCC2OC(O)C(O)[C@@H](O)[C@@H]2O)cc1)[C@H]1OC(CO)[C@@H](O)[C@H](O)C1O. The van der Waals surface area contributed by atoms with Crippen LogP contribution in [0.5, 0.6) is 0 Å². The molecule has 0 bridgehead atoms. The fourth-order valence-corrected chi connectivity index (χ4v) is 4.49. The van der Waals surface area contributed by atoms with E-state index in [0.29, 0.717) is 6.42 Å². The Hall–Kier alpha value is -1.22. The van der Waals surface area contributed by atoms with Crippen LogP contribution in [0.3, 0.4) is 0 Å². The van der Waals surface area contributed by atoms with Crippen molar-refractivity contribution in [3.63, 3.8) is 0 Å². The fourth-order valence-electron chi connectivity index (χ4n) is 4.49. The van der Waals surface area contributed by atoms with Crippen LogP contribution in [-0.2, 0) is 27.2 Å². The minimum Gasteiger partial charge on any atom is -0.394 e. The number of benzene rings is 1. The summed E-state index contributed by atoms with van der Waals surface area (Å²) < 4.78 is 16.3. The summed E-state index contributed by atoms with van der Waals surface area (Å²) in [5, 5.41) is 78.8. The highest BCUT2D eigenvalue weighted by Crippen LogP contribution is 2.36. The van der Waals surface area contributed by atoms with Crippen molar-refractivity contribution < 1.29 is 55.1 Å². The normalized spacial score (nSPS) is 39.2. The van der Waals surface area contributed by atoms with Gasteiger partial charge in [0.25, 0.3) is 0 Å². The van der Waals surface area contributed by atoms with Crippen LogP contribution in [0.25, 0.3) is 0 Å². The smallest absolute Gasteiger partial charge is 0.184 e. The van der Waals surface area contributed by atoms with E-state index in [1.165, 1.54) is 0 Å². The summed E-state index contributed by atoms with van der Waals surface area (Å²) in [6.07, 6.45) is -12.6. The third-order valence-corrected chi connectivity index (χ3v) is 6.58. The predicted octanol–water partition coefficient (Wildman–Crippen LogP) is -2.59. The first kappa shape index (κ1) is 27.4. The number of aliphatic hydroxyl groups is 8. The average Bonchev–Trinajstić information content (AvgIpc) is 2.80. The average molecular weight is 489 g/mol. The minimum atomic E-state index is -1.61. The van der Waals surface area contributed by atoms with E-state index in [1.807, 2.05) is 38.1 Å². The molecule has 10 atom stereocenters. The van der Waals surface area contributed by atoms with Crippen LogP contribution in [0.4, 0.5) is 0 Å². The van der Waals surface area contributed by atoms with E-state index in [9.17, 15) is 40.9 Å². The van der Waals surface area contributed by atoms with Crippen molar-refractivity contribution in [1.82, 2.24) is 0 Å². The van der Waals surface area contributed by atoms with E-state index >= 15 is 0 Å². The molecule has 0 aromatic heterocycles. The summed E-state index contributed by atoms with van der Waals surface area (Å²) >= 11 is 0. The molecule has 34 heavy (non-hydrogen) atoms. The van der Waals surface area contributed by atoms with Crippen molar-refractivity contribution in [2.24, 2.45) is 5.41 Å². The molecule has 1 aromatic rings. The van der Waals surface area contributed by atoms with Gasteiger partial charge in [-0.1, -0.05) is 38.1 Å². The van der Waals surface area contributed by atoms with E-state index in [2.05, 4.69) is 0 Å². The highest BCUT2D eigenvalue weighted by Gasteiger charge is 2.49. The molecule has 2 heterocycles. The lowest BCUT2D eigenvalue weighted by Gasteiger charge is -2.46. The molecule has 2 aliphatic rings. The van der Waals surface area contributed by atoms with Crippen molar-refractivity contribution in [2.45, 2.75) is 88.1 Å². The zero-order chi connectivity index (χ0) is 25.2. The van der Waals surface area contributed by atoms with Gasteiger partial charge < -0.3 is 55.1 Å². The lowest BCUT2D eigenvalue weighted by molar-refractivity contribution is -0.289. The molecule has 194 valence electrons. The van der Waals surface area contributed by atoms with Crippen molar-refractivity contribution in [3.8, 4) is 0 Å². The topological polar surface area (TPSA) is 190 Å². The highest BCUT2D eigenvalue weighted by molar-refractivity contribution is 5.23. The maximum atomic E-state index is 10.4. The monoisotopic (exact) mass is 488 g/mol. The maximum absolute atomic E-state index is 10.4. The first-order valence-corrected chi connectivity index (χ1v) is 11.3. The molecule has 5 unspecified atom stereocenters. The molecule has 0 saturated carbocycles. The molecule has 1 aromatic carbocycles. The van der Waals surface area contributed by atoms with Crippen LogP contribution in [-0.4, -0.2) is 115 Å². The van der Waals surface area contributed by atoms with Crippen LogP contribution in [0, 0.1) is 5.41 Å². The van der Waals surface area contributed by atoms with Crippen molar-refractivity contribution in [2.75, 3.05) is 13.2 Å². The zero-order valence-corrected chi connectivity index (χ0v) is 19.2. The fraction of sp³-hybridized carbons (Fsp3) is 0.739. The van der Waals surface area contributed by atoms with E-state index < -0.39 is 73.2 Å². The summed E-state index contributed by atoms with van der Waals surface area (Å²) in [6.45, 7) is 3.33. The Morgan fingerprint density at radius 3 is 1.91 bits per heavy atom. The second kappa shape index (κ2) is 11.2. The molecule has 3 rings (SSSR count). The third-order valence-electron chi connectivity index (χ3n) is 6.58. The molecular formula is C23H36O11. The van der Waals surface area contributed by atoms with Gasteiger partial charge in [-0.3, -0.25) is 0 Å². The summed E-state index contributed by atoms with van der Waals surface area (Å²) in [6, 6.07) is 7.43. The Kier molecular flexibility index (Phi) is 9.04. The molecule has 0 radical (unpaired) electrons.